The van der Waals surface area contributed by atoms with Crippen LogP contribution in [-0.4, -0.2) is 41.4 Å². The van der Waals surface area contributed by atoms with Crippen molar-refractivity contribution >= 4 is 51.8 Å². The van der Waals surface area contributed by atoms with E-state index in [0.717, 1.165) is 21.3 Å². The topological polar surface area (TPSA) is 84.4 Å². The zero-order chi connectivity index (χ0) is 22.3. The lowest BCUT2D eigenvalue weighted by molar-refractivity contribution is -0.122. The number of aromatic nitrogens is 2. The third-order valence-electron chi connectivity index (χ3n) is 4.91. The Bertz CT molecular complexity index is 1120. The highest BCUT2D eigenvalue weighted by molar-refractivity contribution is 8.01. The van der Waals surface area contributed by atoms with E-state index in [-0.39, 0.29) is 18.2 Å². The monoisotopic (exact) mass is 466 g/mol. The molecule has 0 saturated carbocycles. The molecule has 32 heavy (non-hydrogen) atoms. The lowest BCUT2D eigenvalue weighted by Crippen LogP contribution is -2.28. The summed E-state index contributed by atoms with van der Waals surface area (Å²) in [4.78, 5) is 26.8. The molecule has 1 atom stereocenters. The van der Waals surface area contributed by atoms with Crippen molar-refractivity contribution in [3.8, 4) is 5.75 Å². The van der Waals surface area contributed by atoms with E-state index >= 15 is 0 Å². The highest BCUT2D eigenvalue weighted by atomic mass is 32.2. The standard InChI is InChI=1S/C23H22N4O3S2/c1-30-19-11-5-10-18(14-19)27-15-17(13-20(27)28)21(29)24-22-25-26-23(32-22)31-12-6-9-16-7-3-2-4-8-16/h2-11,14,17H,12-13,15H2,1H3,(H,24,25,29)/b9-6+/t17-/m1/s1. The molecule has 0 radical (unpaired) electrons. The molecule has 1 N–H and O–H groups in total. The van der Waals surface area contributed by atoms with Crippen LogP contribution >= 0.6 is 23.1 Å². The number of rotatable bonds is 8. The van der Waals surface area contributed by atoms with Gasteiger partial charge in [-0.05, 0) is 17.7 Å². The second kappa shape index (κ2) is 10.4. The largest absolute Gasteiger partial charge is 0.497 e. The van der Waals surface area contributed by atoms with Crippen molar-refractivity contribution in [1.82, 2.24) is 10.2 Å². The maximum atomic E-state index is 12.7. The van der Waals surface area contributed by atoms with Gasteiger partial charge in [0, 0.05) is 30.5 Å². The minimum Gasteiger partial charge on any atom is -0.497 e. The molecule has 164 valence electrons. The van der Waals surface area contributed by atoms with E-state index in [1.165, 1.54) is 11.3 Å². The number of benzene rings is 2. The van der Waals surface area contributed by atoms with Crippen LogP contribution in [0.1, 0.15) is 12.0 Å². The van der Waals surface area contributed by atoms with Gasteiger partial charge in [0.25, 0.3) is 0 Å². The van der Waals surface area contributed by atoms with E-state index in [1.54, 1.807) is 29.8 Å². The normalized spacial score (nSPS) is 16.0. The first-order valence-electron chi connectivity index (χ1n) is 10.1. The highest BCUT2D eigenvalue weighted by Gasteiger charge is 2.35. The number of amides is 2. The molecule has 1 aliphatic heterocycles. The number of nitrogens with one attached hydrogen (secondary N) is 1. The summed E-state index contributed by atoms with van der Waals surface area (Å²) >= 11 is 2.88. The minimum absolute atomic E-state index is 0.0860. The Hall–Kier alpha value is -3.17. The maximum Gasteiger partial charge on any atom is 0.231 e. The fourth-order valence-electron chi connectivity index (χ4n) is 3.30. The van der Waals surface area contributed by atoms with Crippen LogP contribution in [0, 0.1) is 5.92 Å². The number of carbonyl (C=O) groups is 2. The first-order chi connectivity index (χ1) is 15.6. The third kappa shape index (κ3) is 5.54. The van der Waals surface area contributed by atoms with Gasteiger partial charge in [0.2, 0.25) is 16.9 Å². The molecular formula is C23H22N4O3S2. The molecule has 0 spiro atoms. The Labute approximate surface area is 194 Å². The van der Waals surface area contributed by atoms with Crippen LogP contribution in [-0.2, 0) is 9.59 Å². The fraction of sp³-hybridized carbons (Fsp3) is 0.217. The first kappa shape index (κ1) is 22.0. The van der Waals surface area contributed by atoms with E-state index in [0.29, 0.717) is 17.4 Å². The Morgan fingerprint density at radius 1 is 1.25 bits per heavy atom. The number of hydrogen-bond donors (Lipinski definition) is 1. The molecule has 9 heteroatoms. The maximum absolute atomic E-state index is 12.7. The van der Waals surface area contributed by atoms with Gasteiger partial charge in [0.1, 0.15) is 5.75 Å². The van der Waals surface area contributed by atoms with Gasteiger partial charge in [-0.15, -0.1) is 10.2 Å². The van der Waals surface area contributed by atoms with Crippen molar-refractivity contribution in [2.75, 3.05) is 29.6 Å². The van der Waals surface area contributed by atoms with Crippen LogP contribution in [0.5, 0.6) is 5.75 Å². The summed E-state index contributed by atoms with van der Waals surface area (Å²) in [6.07, 6.45) is 4.28. The summed E-state index contributed by atoms with van der Waals surface area (Å²) in [6.45, 7) is 0.322. The molecule has 1 fully saturated rings. The predicted octanol–water partition coefficient (Wildman–Crippen LogP) is 4.34. The fourth-order valence-corrected chi connectivity index (χ4v) is 4.90. The SMILES string of the molecule is COc1cccc(N2C[C@H](C(=O)Nc3nnc(SC/C=C/c4ccccc4)s3)CC2=O)c1. The number of thioether (sulfide) groups is 1. The number of carbonyl (C=O) groups excluding carboxylic acids is 2. The van der Waals surface area contributed by atoms with E-state index in [9.17, 15) is 9.59 Å². The molecule has 2 amide bonds. The van der Waals surface area contributed by atoms with Crippen molar-refractivity contribution in [3.63, 3.8) is 0 Å². The van der Waals surface area contributed by atoms with Crippen LogP contribution in [0.3, 0.4) is 0 Å². The van der Waals surface area contributed by atoms with Crippen LogP contribution in [0.2, 0.25) is 0 Å². The van der Waals surface area contributed by atoms with Gasteiger partial charge in [0.05, 0.1) is 13.0 Å². The molecule has 0 unspecified atom stereocenters. The Morgan fingerprint density at radius 3 is 2.91 bits per heavy atom. The smallest absolute Gasteiger partial charge is 0.231 e. The summed E-state index contributed by atoms with van der Waals surface area (Å²) in [7, 11) is 1.58. The molecule has 3 aromatic rings. The van der Waals surface area contributed by atoms with Gasteiger partial charge in [0.15, 0.2) is 4.34 Å². The van der Waals surface area contributed by atoms with Crippen molar-refractivity contribution in [2.24, 2.45) is 5.92 Å². The van der Waals surface area contributed by atoms with Crippen LogP contribution in [0.4, 0.5) is 10.8 Å². The van der Waals surface area contributed by atoms with Crippen molar-refractivity contribution in [1.29, 1.82) is 0 Å². The molecule has 2 aromatic carbocycles. The molecule has 4 rings (SSSR count). The molecule has 1 saturated heterocycles. The molecule has 2 heterocycles. The number of nitrogens with zero attached hydrogens (tertiary/aromatic N) is 3. The number of ether oxygens (including phenoxy) is 1. The first-order valence-corrected chi connectivity index (χ1v) is 11.9. The summed E-state index contributed by atoms with van der Waals surface area (Å²) in [5.41, 5.74) is 1.87. The number of hydrogen-bond acceptors (Lipinski definition) is 7. The minimum atomic E-state index is -0.442. The Kier molecular flexibility index (Phi) is 7.18. The van der Waals surface area contributed by atoms with Gasteiger partial charge < -0.3 is 15.0 Å². The average molecular weight is 467 g/mol. The quantitative estimate of drug-likeness (QED) is 0.393. The van der Waals surface area contributed by atoms with Crippen molar-refractivity contribution in [2.45, 2.75) is 10.8 Å². The molecule has 0 aliphatic carbocycles. The molecule has 7 nitrogen and oxygen atoms in total. The van der Waals surface area contributed by atoms with E-state index in [2.05, 4.69) is 27.7 Å². The molecule has 0 bridgehead atoms. The van der Waals surface area contributed by atoms with E-state index < -0.39 is 5.92 Å². The van der Waals surface area contributed by atoms with E-state index in [1.807, 2.05) is 48.5 Å². The highest BCUT2D eigenvalue weighted by Crippen LogP contribution is 2.30. The second-order valence-corrected chi connectivity index (χ2v) is 9.34. The van der Waals surface area contributed by atoms with Crippen LogP contribution in [0.25, 0.3) is 6.08 Å². The lowest BCUT2D eigenvalue weighted by atomic mass is 10.1. The van der Waals surface area contributed by atoms with Crippen LogP contribution in [0.15, 0.2) is 65.0 Å². The predicted molar refractivity (Wildman–Crippen MR) is 128 cm³/mol. The number of methoxy groups -OCH3 is 1. The molecule has 1 aliphatic rings. The van der Waals surface area contributed by atoms with Gasteiger partial charge in [-0.1, -0.05) is 71.6 Å². The second-order valence-electron chi connectivity index (χ2n) is 7.09. The average Bonchev–Trinajstić information content (AvgIpc) is 3.43. The van der Waals surface area contributed by atoms with Gasteiger partial charge in [-0.2, -0.15) is 0 Å². The lowest BCUT2D eigenvalue weighted by Gasteiger charge is -2.17. The van der Waals surface area contributed by atoms with Crippen molar-refractivity contribution in [3.05, 3.63) is 66.2 Å². The zero-order valence-electron chi connectivity index (χ0n) is 17.4. The zero-order valence-corrected chi connectivity index (χ0v) is 19.1. The Morgan fingerprint density at radius 2 is 2.09 bits per heavy atom. The third-order valence-corrected chi connectivity index (χ3v) is 6.83. The summed E-state index contributed by atoms with van der Waals surface area (Å²) in [5, 5.41) is 11.4. The summed E-state index contributed by atoms with van der Waals surface area (Å²) in [6, 6.07) is 17.3. The molecular weight excluding hydrogens is 444 g/mol. The van der Waals surface area contributed by atoms with Crippen LogP contribution < -0.4 is 15.0 Å². The summed E-state index contributed by atoms with van der Waals surface area (Å²) < 4.78 is 6.00. The molecule has 1 aromatic heterocycles. The summed E-state index contributed by atoms with van der Waals surface area (Å²) in [5.74, 6) is 0.671. The Balaban J connectivity index is 1.29. The van der Waals surface area contributed by atoms with Gasteiger partial charge >= 0.3 is 0 Å². The van der Waals surface area contributed by atoms with E-state index in [4.69, 9.17) is 4.74 Å². The number of anilines is 2. The van der Waals surface area contributed by atoms with Gasteiger partial charge in [-0.3, -0.25) is 9.59 Å². The van der Waals surface area contributed by atoms with Crippen molar-refractivity contribution < 1.29 is 14.3 Å². The van der Waals surface area contributed by atoms with Gasteiger partial charge in [-0.25, -0.2) is 0 Å².